The second-order valence-electron chi connectivity index (χ2n) is 4.01. The van der Waals surface area contributed by atoms with Gasteiger partial charge in [-0.05, 0) is 32.5 Å². The largest absolute Gasteiger partial charge is 0.354 e. The number of halogens is 1. The SMILES string of the molecule is CNCCNC(=O)CSc1cc(C)ccc1C.Cl. The Balaban J connectivity index is 0.00000289. The first kappa shape index (κ1) is 17.3. The predicted molar refractivity (Wildman–Crippen MR) is 80.8 cm³/mol. The van der Waals surface area contributed by atoms with Crippen LogP contribution in [0.5, 0.6) is 0 Å². The molecule has 2 N–H and O–H groups in total. The number of rotatable bonds is 6. The molecule has 18 heavy (non-hydrogen) atoms. The average Bonchev–Trinajstić information content (AvgIpc) is 2.31. The highest BCUT2D eigenvalue weighted by Gasteiger charge is 2.04. The molecular formula is C13H21ClN2OS. The van der Waals surface area contributed by atoms with Gasteiger partial charge in [0.05, 0.1) is 5.75 Å². The van der Waals surface area contributed by atoms with E-state index in [2.05, 4.69) is 42.7 Å². The molecule has 0 atom stereocenters. The van der Waals surface area contributed by atoms with Crippen molar-refractivity contribution in [1.29, 1.82) is 0 Å². The summed E-state index contributed by atoms with van der Waals surface area (Å²) in [6.45, 7) is 5.62. The molecule has 0 spiro atoms. The van der Waals surface area contributed by atoms with Gasteiger partial charge in [-0.1, -0.05) is 17.7 Å². The first-order chi connectivity index (χ1) is 8.13. The van der Waals surface area contributed by atoms with Gasteiger partial charge in [0.15, 0.2) is 0 Å². The molecule has 0 saturated carbocycles. The van der Waals surface area contributed by atoms with E-state index in [9.17, 15) is 4.79 Å². The van der Waals surface area contributed by atoms with Crippen molar-refractivity contribution in [3.8, 4) is 0 Å². The summed E-state index contributed by atoms with van der Waals surface area (Å²) in [5.41, 5.74) is 2.46. The first-order valence-electron chi connectivity index (χ1n) is 5.75. The lowest BCUT2D eigenvalue weighted by Gasteiger charge is -2.07. The van der Waals surface area contributed by atoms with Crippen LogP contribution in [0.3, 0.4) is 0 Å². The Labute approximate surface area is 120 Å². The smallest absolute Gasteiger partial charge is 0.230 e. The number of thioether (sulfide) groups is 1. The lowest BCUT2D eigenvalue weighted by molar-refractivity contribution is -0.118. The van der Waals surface area contributed by atoms with Crippen molar-refractivity contribution >= 4 is 30.1 Å². The molecule has 0 fully saturated rings. The van der Waals surface area contributed by atoms with E-state index in [4.69, 9.17) is 0 Å². The summed E-state index contributed by atoms with van der Waals surface area (Å²) < 4.78 is 0. The van der Waals surface area contributed by atoms with E-state index in [1.807, 2.05) is 7.05 Å². The average molecular weight is 289 g/mol. The second kappa shape index (κ2) is 9.25. The highest BCUT2D eigenvalue weighted by molar-refractivity contribution is 8.00. The standard InChI is InChI=1S/C13H20N2OS.ClH/c1-10-4-5-11(2)12(8-10)17-9-13(16)15-7-6-14-3;/h4-5,8,14H,6-7,9H2,1-3H3,(H,15,16);1H. The molecule has 1 aromatic rings. The minimum Gasteiger partial charge on any atom is -0.354 e. The van der Waals surface area contributed by atoms with Crippen molar-refractivity contribution in [2.75, 3.05) is 25.9 Å². The third kappa shape index (κ3) is 6.28. The van der Waals surface area contributed by atoms with Gasteiger partial charge >= 0.3 is 0 Å². The zero-order valence-electron chi connectivity index (χ0n) is 11.1. The van der Waals surface area contributed by atoms with Gasteiger partial charge in [-0.2, -0.15) is 0 Å². The Morgan fingerprint density at radius 1 is 1.28 bits per heavy atom. The van der Waals surface area contributed by atoms with E-state index in [1.165, 1.54) is 16.0 Å². The van der Waals surface area contributed by atoms with Gasteiger partial charge in [0.2, 0.25) is 5.91 Å². The minimum atomic E-state index is 0. The first-order valence-corrected chi connectivity index (χ1v) is 6.73. The van der Waals surface area contributed by atoms with Crippen LogP contribution in [0.15, 0.2) is 23.1 Å². The van der Waals surface area contributed by atoms with Gasteiger partial charge in [-0.25, -0.2) is 0 Å². The van der Waals surface area contributed by atoms with Crippen molar-refractivity contribution in [3.05, 3.63) is 29.3 Å². The quantitative estimate of drug-likeness (QED) is 0.623. The summed E-state index contributed by atoms with van der Waals surface area (Å²) in [6.07, 6.45) is 0. The van der Waals surface area contributed by atoms with Gasteiger partial charge in [0.25, 0.3) is 0 Å². The summed E-state index contributed by atoms with van der Waals surface area (Å²) >= 11 is 1.59. The maximum Gasteiger partial charge on any atom is 0.230 e. The monoisotopic (exact) mass is 288 g/mol. The third-order valence-corrected chi connectivity index (χ3v) is 3.56. The molecule has 1 rings (SSSR count). The topological polar surface area (TPSA) is 41.1 Å². The van der Waals surface area contributed by atoms with Crippen LogP contribution in [0.25, 0.3) is 0 Å². The van der Waals surface area contributed by atoms with Gasteiger partial charge < -0.3 is 10.6 Å². The van der Waals surface area contributed by atoms with Crippen molar-refractivity contribution in [1.82, 2.24) is 10.6 Å². The fourth-order valence-electron chi connectivity index (χ4n) is 1.38. The molecule has 0 heterocycles. The molecule has 3 nitrogen and oxygen atoms in total. The third-order valence-electron chi connectivity index (χ3n) is 2.40. The molecule has 0 radical (unpaired) electrons. The van der Waals surface area contributed by atoms with Crippen LogP contribution in [0.4, 0.5) is 0 Å². The number of aryl methyl sites for hydroxylation is 2. The van der Waals surface area contributed by atoms with E-state index in [0.29, 0.717) is 12.3 Å². The lowest BCUT2D eigenvalue weighted by Crippen LogP contribution is -2.31. The highest BCUT2D eigenvalue weighted by atomic mass is 35.5. The molecule has 1 aromatic carbocycles. The molecule has 0 saturated heterocycles. The van der Waals surface area contributed by atoms with Crippen LogP contribution in [-0.2, 0) is 4.79 Å². The number of carbonyl (C=O) groups is 1. The Kier molecular flexibility index (Phi) is 8.89. The minimum absolute atomic E-state index is 0. The van der Waals surface area contributed by atoms with Crippen LogP contribution in [0.1, 0.15) is 11.1 Å². The summed E-state index contributed by atoms with van der Waals surface area (Å²) in [5, 5.41) is 5.86. The molecule has 0 aromatic heterocycles. The fraction of sp³-hybridized carbons (Fsp3) is 0.462. The van der Waals surface area contributed by atoms with Crippen LogP contribution in [0.2, 0.25) is 0 Å². The van der Waals surface area contributed by atoms with E-state index in [-0.39, 0.29) is 18.3 Å². The number of nitrogens with one attached hydrogen (secondary N) is 2. The van der Waals surface area contributed by atoms with Crippen molar-refractivity contribution in [3.63, 3.8) is 0 Å². The van der Waals surface area contributed by atoms with E-state index < -0.39 is 0 Å². The predicted octanol–water partition coefficient (Wildman–Crippen LogP) is 2.15. The molecule has 0 aliphatic heterocycles. The summed E-state index contributed by atoms with van der Waals surface area (Å²) in [6, 6.07) is 6.31. The number of amides is 1. The molecule has 0 unspecified atom stereocenters. The number of hydrogen-bond acceptors (Lipinski definition) is 3. The van der Waals surface area contributed by atoms with E-state index in [0.717, 1.165) is 6.54 Å². The molecule has 1 amide bonds. The lowest BCUT2D eigenvalue weighted by atomic mass is 10.2. The van der Waals surface area contributed by atoms with Crippen LogP contribution in [0, 0.1) is 13.8 Å². The Morgan fingerprint density at radius 2 is 2.00 bits per heavy atom. The normalized spacial score (nSPS) is 9.72. The zero-order chi connectivity index (χ0) is 12.7. The second-order valence-corrected chi connectivity index (χ2v) is 5.03. The van der Waals surface area contributed by atoms with Gasteiger partial charge in [-0.15, -0.1) is 24.2 Å². The molecule has 5 heteroatoms. The van der Waals surface area contributed by atoms with Crippen molar-refractivity contribution < 1.29 is 4.79 Å². The zero-order valence-corrected chi connectivity index (χ0v) is 12.7. The summed E-state index contributed by atoms with van der Waals surface area (Å²) in [4.78, 5) is 12.7. The fourth-order valence-corrected chi connectivity index (χ4v) is 2.34. The number of hydrogen-bond donors (Lipinski definition) is 2. The maximum absolute atomic E-state index is 11.5. The Hall–Kier alpha value is -0.710. The van der Waals surface area contributed by atoms with Gasteiger partial charge in [-0.3, -0.25) is 4.79 Å². The van der Waals surface area contributed by atoms with Gasteiger partial charge in [0.1, 0.15) is 0 Å². The van der Waals surface area contributed by atoms with Crippen LogP contribution < -0.4 is 10.6 Å². The molecule has 102 valence electrons. The van der Waals surface area contributed by atoms with Crippen molar-refractivity contribution in [2.24, 2.45) is 0 Å². The summed E-state index contributed by atoms with van der Waals surface area (Å²) in [7, 11) is 1.87. The number of likely N-dealkylation sites (N-methyl/N-ethyl adjacent to an activating group) is 1. The van der Waals surface area contributed by atoms with E-state index >= 15 is 0 Å². The van der Waals surface area contributed by atoms with E-state index in [1.54, 1.807) is 11.8 Å². The molecule has 0 aliphatic rings. The molecule has 0 aliphatic carbocycles. The Bertz CT molecular complexity index is 385. The van der Waals surface area contributed by atoms with Gasteiger partial charge in [0, 0.05) is 18.0 Å². The van der Waals surface area contributed by atoms with Crippen LogP contribution in [-0.4, -0.2) is 31.8 Å². The van der Waals surface area contributed by atoms with Crippen LogP contribution >= 0.6 is 24.2 Å². The Morgan fingerprint density at radius 3 is 2.67 bits per heavy atom. The number of benzene rings is 1. The molecule has 0 bridgehead atoms. The summed E-state index contributed by atoms with van der Waals surface area (Å²) in [5.74, 6) is 0.569. The molecular weight excluding hydrogens is 268 g/mol. The highest BCUT2D eigenvalue weighted by Crippen LogP contribution is 2.23. The van der Waals surface area contributed by atoms with Crippen molar-refractivity contribution in [2.45, 2.75) is 18.7 Å². The number of carbonyl (C=O) groups excluding carboxylic acids is 1. The maximum atomic E-state index is 11.5.